The van der Waals surface area contributed by atoms with Crippen LogP contribution in [0.15, 0.2) is 18.2 Å². The van der Waals surface area contributed by atoms with E-state index in [0.717, 1.165) is 30.1 Å². The lowest BCUT2D eigenvalue weighted by molar-refractivity contribution is 0.0972. The summed E-state index contributed by atoms with van der Waals surface area (Å²) in [6.07, 6.45) is 9.33. The Balaban J connectivity index is 1.70. The molecule has 108 valence electrons. The minimum Gasteiger partial charge on any atom is -0.490 e. The number of benzene rings is 1. The minimum absolute atomic E-state index is 0.293. The number of carbonyl (C=O) groups is 1. The zero-order valence-corrected chi connectivity index (χ0v) is 12.4. The molecule has 0 bridgehead atoms. The van der Waals surface area contributed by atoms with Crippen LogP contribution >= 0.6 is 0 Å². The van der Waals surface area contributed by atoms with E-state index in [9.17, 15) is 4.79 Å². The number of hydrogen-bond donors (Lipinski definition) is 0. The molecule has 0 saturated heterocycles. The Hall–Kier alpha value is -1.31. The number of fused-ring (bicyclic) bond motifs is 1. The third-order valence-electron chi connectivity index (χ3n) is 4.84. The van der Waals surface area contributed by atoms with Crippen molar-refractivity contribution >= 4 is 5.78 Å². The van der Waals surface area contributed by atoms with Crippen LogP contribution in [0.2, 0.25) is 0 Å². The maximum Gasteiger partial charge on any atom is 0.163 e. The summed E-state index contributed by atoms with van der Waals surface area (Å²) in [5.41, 5.74) is 2.10. The number of rotatable bonds is 3. The summed E-state index contributed by atoms with van der Waals surface area (Å²) in [4.78, 5) is 11.8. The Morgan fingerprint density at radius 2 is 2.10 bits per heavy atom. The van der Waals surface area contributed by atoms with Crippen LogP contribution in [0.4, 0.5) is 0 Å². The van der Waals surface area contributed by atoms with Crippen LogP contribution in [-0.2, 0) is 6.42 Å². The van der Waals surface area contributed by atoms with Crippen molar-refractivity contribution in [2.45, 2.75) is 64.4 Å². The van der Waals surface area contributed by atoms with Gasteiger partial charge in [-0.15, -0.1) is 0 Å². The fraction of sp³-hybridized carbons (Fsp3) is 0.611. The van der Waals surface area contributed by atoms with Crippen molar-refractivity contribution in [3.63, 3.8) is 0 Å². The van der Waals surface area contributed by atoms with E-state index >= 15 is 0 Å². The maximum absolute atomic E-state index is 11.8. The van der Waals surface area contributed by atoms with Crippen LogP contribution in [-0.4, -0.2) is 11.9 Å². The Labute approximate surface area is 121 Å². The molecule has 0 N–H and O–H groups in total. The van der Waals surface area contributed by atoms with Crippen LogP contribution in [0.3, 0.4) is 0 Å². The van der Waals surface area contributed by atoms with E-state index in [1.165, 1.54) is 37.7 Å². The summed E-state index contributed by atoms with van der Waals surface area (Å²) in [6, 6.07) is 6.05. The van der Waals surface area contributed by atoms with Crippen LogP contribution in [0, 0.1) is 5.92 Å². The molecule has 2 aliphatic rings. The van der Waals surface area contributed by atoms with E-state index in [1.54, 1.807) is 0 Å². The first-order valence-corrected chi connectivity index (χ1v) is 8.09. The Kier molecular flexibility index (Phi) is 4.09. The van der Waals surface area contributed by atoms with Gasteiger partial charge in [0.15, 0.2) is 5.78 Å². The average Bonchev–Trinajstić information content (AvgIpc) is 2.47. The average molecular weight is 272 g/mol. The highest BCUT2D eigenvalue weighted by molar-refractivity contribution is 5.98. The molecule has 0 aromatic heterocycles. The molecule has 2 unspecified atom stereocenters. The minimum atomic E-state index is 0.293. The highest BCUT2D eigenvalue weighted by Crippen LogP contribution is 2.31. The van der Waals surface area contributed by atoms with Crippen molar-refractivity contribution < 1.29 is 9.53 Å². The van der Waals surface area contributed by atoms with Gasteiger partial charge in [-0.3, -0.25) is 4.79 Å². The molecule has 0 spiro atoms. The van der Waals surface area contributed by atoms with Crippen LogP contribution in [0.5, 0.6) is 5.75 Å². The van der Waals surface area contributed by atoms with Crippen molar-refractivity contribution in [1.29, 1.82) is 0 Å². The Bertz CT molecular complexity index is 492. The molecule has 2 nitrogen and oxygen atoms in total. The zero-order valence-electron chi connectivity index (χ0n) is 12.4. The SMILES string of the molecule is CCC1CCCC(Oc2ccc3c(c2)CCCC3=O)C1. The Morgan fingerprint density at radius 3 is 2.95 bits per heavy atom. The van der Waals surface area contributed by atoms with Gasteiger partial charge in [-0.05, 0) is 61.8 Å². The van der Waals surface area contributed by atoms with E-state index in [-0.39, 0.29) is 0 Å². The first kappa shape index (κ1) is 13.7. The van der Waals surface area contributed by atoms with Gasteiger partial charge in [-0.25, -0.2) is 0 Å². The van der Waals surface area contributed by atoms with Crippen molar-refractivity contribution in [3.05, 3.63) is 29.3 Å². The van der Waals surface area contributed by atoms with E-state index < -0.39 is 0 Å². The van der Waals surface area contributed by atoms with E-state index in [1.807, 2.05) is 12.1 Å². The summed E-state index contributed by atoms with van der Waals surface area (Å²) in [7, 11) is 0. The van der Waals surface area contributed by atoms with Crippen molar-refractivity contribution in [3.8, 4) is 5.75 Å². The molecular formula is C18H24O2. The van der Waals surface area contributed by atoms with Gasteiger partial charge in [0.2, 0.25) is 0 Å². The van der Waals surface area contributed by atoms with Gasteiger partial charge in [0, 0.05) is 12.0 Å². The molecule has 1 saturated carbocycles. The number of aryl methyl sites for hydroxylation is 1. The second-order valence-electron chi connectivity index (χ2n) is 6.28. The lowest BCUT2D eigenvalue weighted by atomic mass is 9.85. The normalized spacial score (nSPS) is 26.1. The highest BCUT2D eigenvalue weighted by atomic mass is 16.5. The summed E-state index contributed by atoms with van der Waals surface area (Å²) < 4.78 is 6.18. The number of carbonyl (C=O) groups excluding carboxylic acids is 1. The van der Waals surface area contributed by atoms with Gasteiger partial charge in [0.1, 0.15) is 5.75 Å². The smallest absolute Gasteiger partial charge is 0.163 e. The van der Waals surface area contributed by atoms with Gasteiger partial charge in [0.05, 0.1) is 6.10 Å². The first-order valence-electron chi connectivity index (χ1n) is 8.09. The number of ether oxygens (including phenoxy) is 1. The topological polar surface area (TPSA) is 26.3 Å². The van der Waals surface area contributed by atoms with Crippen molar-refractivity contribution in [1.82, 2.24) is 0 Å². The molecule has 2 aliphatic carbocycles. The molecule has 0 radical (unpaired) electrons. The number of ketones is 1. The number of hydrogen-bond acceptors (Lipinski definition) is 2. The monoisotopic (exact) mass is 272 g/mol. The largest absolute Gasteiger partial charge is 0.490 e. The van der Waals surface area contributed by atoms with Gasteiger partial charge in [0.25, 0.3) is 0 Å². The summed E-state index contributed by atoms with van der Waals surface area (Å²) in [5.74, 6) is 2.08. The molecule has 1 aromatic carbocycles. The fourth-order valence-corrected chi connectivity index (χ4v) is 3.61. The van der Waals surface area contributed by atoms with Gasteiger partial charge >= 0.3 is 0 Å². The predicted octanol–water partition coefficient (Wildman–Crippen LogP) is 4.55. The zero-order chi connectivity index (χ0) is 13.9. The molecule has 3 rings (SSSR count). The molecule has 2 heteroatoms. The van der Waals surface area contributed by atoms with Gasteiger partial charge in [-0.1, -0.05) is 19.8 Å². The standard InChI is InChI=1S/C18H24O2/c1-2-13-5-3-7-15(11-13)20-16-9-10-17-14(12-16)6-4-8-18(17)19/h9-10,12-13,15H,2-8,11H2,1H3. The lowest BCUT2D eigenvalue weighted by Gasteiger charge is -2.29. The predicted molar refractivity (Wildman–Crippen MR) is 80.4 cm³/mol. The van der Waals surface area contributed by atoms with E-state index in [2.05, 4.69) is 13.0 Å². The Morgan fingerprint density at radius 1 is 1.20 bits per heavy atom. The summed E-state index contributed by atoms with van der Waals surface area (Å²) >= 11 is 0. The first-order chi connectivity index (χ1) is 9.76. The second kappa shape index (κ2) is 5.99. The number of Topliss-reactive ketones (excluding diaryl/α,β-unsaturated/α-hetero) is 1. The molecular weight excluding hydrogens is 248 g/mol. The molecule has 0 aliphatic heterocycles. The molecule has 20 heavy (non-hydrogen) atoms. The quantitative estimate of drug-likeness (QED) is 0.806. The van der Waals surface area contributed by atoms with E-state index in [4.69, 9.17) is 4.74 Å². The summed E-state index contributed by atoms with van der Waals surface area (Å²) in [5, 5.41) is 0. The van der Waals surface area contributed by atoms with Crippen LogP contribution in [0.25, 0.3) is 0 Å². The fourth-order valence-electron chi connectivity index (χ4n) is 3.61. The van der Waals surface area contributed by atoms with Crippen LogP contribution in [0.1, 0.15) is 67.8 Å². The third-order valence-corrected chi connectivity index (χ3v) is 4.84. The van der Waals surface area contributed by atoms with Crippen molar-refractivity contribution in [2.75, 3.05) is 0 Å². The molecule has 2 atom stereocenters. The van der Waals surface area contributed by atoms with Gasteiger partial charge in [-0.2, -0.15) is 0 Å². The molecule has 0 amide bonds. The molecule has 1 fully saturated rings. The van der Waals surface area contributed by atoms with Gasteiger partial charge < -0.3 is 4.74 Å². The second-order valence-corrected chi connectivity index (χ2v) is 6.28. The van der Waals surface area contributed by atoms with E-state index in [0.29, 0.717) is 18.3 Å². The maximum atomic E-state index is 11.8. The third kappa shape index (κ3) is 2.89. The highest BCUT2D eigenvalue weighted by Gasteiger charge is 2.23. The molecule has 1 aromatic rings. The van der Waals surface area contributed by atoms with Crippen LogP contribution < -0.4 is 4.74 Å². The lowest BCUT2D eigenvalue weighted by Crippen LogP contribution is -2.25. The van der Waals surface area contributed by atoms with Crippen molar-refractivity contribution in [2.24, 2.45) is 5.92 Å². The molecule has 0 heterocycles. The summed E-state index contributed by atoms with van der Waals surface area (Å²) in [6.45, 7) is 2.28.